The second-order valence-electron chi connectivity index (χ2n) is 3.51. The van der Waals surface area contributed by atoms with Crippen LogP contribution in [0.25, 0.3) is 0 Å². The molecular formula is C12H16O3. The lowest BCUT2D eigenvalue weighted by Gasteiger charge is -2.20. The summed E-state index contributed by atoms with van der Waals surface area (Å²) in [6.07, 6.45) is 4.42. The zero-order chi connectivity index (χ0) is 11.3. The third-order valence-corrected chi connectivity index (χ3v) is 2.45. The molecule has 3 nitrogen and oxygen atoms in total. The Morgan fingerprint density at radius 2 is 2.07 bits per heavy atom. The summed E-state index contributed by atoms with van der Waals surface area (Å²) >= 11 is 0. The second-order valence-corrected chi connectivity index (χ2v) is 3.51. The Morgan fingerprint density at radius 1 is 1.40 bits per heavy atom. The number of ketones is 1. The predicted molar refractivity (Wildman–Crippen MR) is 57.3 cm³/mol. The first-order valence-electron chi connectivity index (χ1n) is 5.26. The number of ether oxygens (including phenoxy) is 1. The van der Waals surface area contributed by atoms with Crippen LogP contribution in [0, 0.1) is 0 Å². The van der Waals surface area contributed by atoms with Gasteiger partial charge in [-0.3, -0.25) is 4.79 Å². The maximum Gasteiger partial charge on any atom is 0.334 e. The first-order valence-corrected chi connectivity index (χ1v) is 5.26. The molecule has 1 rings (SSSR count). The molecule has 0 amide bonds. The van der Waals surface area contributed by atoms with Crippen LogP contribution in [-0.2, 0) is 14.3 Å². The minimum Gasteiger partial charge on any atom is -0.462 e. The van der Waals surface area contributed by atoms with E-state index in [0.717, 1.165) is 12.8 Å². The smallest absolute Gasteiger partial charge is 0.334 e. The van der Waals surface area contributed by atoms with E-state index in [1.165, 1.54) is 6.08 Å². The van der Waals surface area contributed by atoms with Crippen molar-refractivity contribution in [3.8, 4) is 0 Å². The fraction of sp³-hybridized carbons (Fsp3) is 0.500. The van der Waals surface area contributed by atoms with Crippen molar-refractivity contribution in [3.05, 3.63) is 23.8 Å². The van der Waals surface area contributed by atoms with Crippen molar-refractivity contribution < 1.29 is 14.3 Å². The number of hydrogen-bond donors (Lipinski definition) is 0. The normalized spacial score (nSPS) is 14.5. The zero-order valence-electron chi connectivity index (χ0n) is 9.04. The Balaban J connectivity index is 2.53. The molecular weight excluding hydrogens is 192 g/mol. The van der Waals surface area contributed by atoms with Gasteiger partial charge in [-0.05, 0) is 25.3 Å². The van der Waals surface area contributed by atoms with Gasteiger partial charge >= 0.3 is 5.97 Å². The van der Waals surface area contributed by atoms with Crippen molar-refractivity contribution in [1.29, 1.82) is 0 Å². The summed E-state index contributed by atoms with van der Waals surface area (Å²) in [4.78, 5) is 22.7. The Kier molecular flexibility index (Phi) is 4.28. The standard InChI is InChI=1S/C12H16O3/c1-3-5-8-15-12(14)10-7-6-9(10)11(13)4-2/h4H,2-3,5-8H2,1H3. The van der Waals surface area contributed by atoms with E-state index >= 15 is 0 Å². The van der Waals surface area contributed by atoms with Gasteiger partial charge in [-0.2, -0.15) is 0 Å². The Hall–Kier alpha value is -1.38. The van der Waals surface area contributed by atoms with Gasteiger partial charge in [0.05, 0.1) is 6.61 Å². The largest absolute Gasteiger partial charge is 0.462 e. The van der Waals surface area contributed by atoms with Gasteiger partial charge in [-0.15, -0.1) is 0 Å². The van der Waals surface area contributed by atoms with Crippen LogP contribution >= 0.6 is 0 Å². The summed E-state index contributed by atoms with van der Waals surface area (Å²) in [7, 11) is 0. The summed E-state index contributed by atoms with van der Waals surface area (Å²) in [5.41, 5.74) is 1.11. The SMILES string of the molecule is C=CC(=O)C1=C(C(=O)OCCCC)CC1. The van der Waals surface area contributed by atoms with Crippen molar-refractivity contribution >= 4 is 11.8 Å². The highest BCUT2D eigenvalue weighted by molar-refractivity contribution is 6.11. The minimum atomic E-state index is -0.333. The van der Waals surface area contributed by atoms with Crippen LogP contribution in [0.5, 0.6) is 0 Å². The van der Waals surface area contributed by atoms with E-state index in [1.807, 2.05) is 6.92 Å². The van der Waals surface area contributed by atoms with Gasteiger partial charge < -0.3 is 4.74 Å². The molecule has 0 aliphatic heterocycles. The fourth-order valence-electron chi connectivity index (χ4n) is 1.39. The number of unbranched alkanes of at least 4 members (excludes halogenated alkanes) is 1. The zero-order valence-corrected chi connectivity index (χ0v) is 9.04. The average molecular weight is 208 g/mol. The van der Waals surface area contributed by atoms with Crippen molar-refractivity contribution in [1.82, 2.24) is 0 Å². The lowest BCUT2D eigenvalue weighted by Crippen LogP contribution is -2.21. The molecule has 0 radical (unpaired) electrons. The van der Waals surface area contributed by atoms with E-state index in [-0.39, 0.29) is 11.8 Å². The third-order valence-electron chi connectivity index (χ3n) is 2.45. The highest BCUT2D eigenvalue weighted by Crippen LogP contribution is 2.29. The van der Waals surface area contributed by atoms with Crippen molar-refractivity contribution in [2.75, 3.05) is 6.61 Å². The van der Waals surface area contributed by atoms with Crippen LogP contribution in [-0.4, -0.2) is 18.4 Å². The van der Waals surface area contributed by atoms with Crippen LogP contribution < -0.4 is 0 Å². The van der Waals surface area contributed by atoms with E-state index < -0.39 is 0 Å². The van der Waals surface area contributed by atoms with E-state index in [4.69, 9.17) is 4.74 Å². The van der Waals surface area contributed by atoms with Crippen molar-refractivity contribution in [2.45, 2.75) is 32.6 Å². The molecule has 82 valence electrons. The van der Waals surface area contributed by atoms with Crippen molar-refractivity contribution in [3.63, 3.8) is 0 Å². The van der Waals surface area contributed by atoms with E-state index in [1.54, 1.807) is 0 Å². The molecule has 0 unspecified atom stereocenters. The Bertz CT molecular complexity index is 313. The van der Waals surface area contributed by atoms with E-state index in [9.17, 15) is 9.59 Å². The molecule has 0 heterocycles. The maximum absolute atomic E-state index is 11.5. The van der Waals surface area contributed by atoms with Crippen LogP contribution in [0.2, 0.25) is 0 Å². The van der Waals surface area contributed by atoms with Gasteiger partial charge in [-0.1, -0.05) is 19.9 Å². The molecule has 1 aliphatic rings. The number of carbonyl (C=O) groups excluding carboxylic acids is 2. The van der Waals surface area contributed by atoms with Gasteiger partial charge in [-0.25, -0.2) is 4.79 Å². The molecule has 1 aliphatic carbocycles. The molecule has 0 N–H and O–H groups in total. The predicted octanol–water partition coefficient (Wildman–Crippen LogP) is 2.18. The van der Waals surface area contributed by atoms with Crippen LogP contribution in [0.15, 0.2) is 23.8 Å². The fourth-order valence-corrected chi connectivity index (χ4v) is 1.39. The molecule has 15 heavy (non-hydrogen) atoms. The number of hydrogen-bond acceptors (Lipinski definition) is 3. The number of rotatable bonds is 6. The number of esters is 1. The molecule has 0 aromatic rings. The number of carbonyl (C=O) groups is 2. The summed E-state index contributed by atoms with van der Waals surface area (Å²) in [5, 5.41) is 0. The summed E-state index contributed by atoms with van der Waals surface area (Å²) in [5.74, 6) is -0.483. The first-order chi connectivity index (χ1) is 7.20. The molecule has 3 heteroatoms. The highest BCUT2D eigenvalue weighted by Gasteiger charge is 2.27. The lowest BCUT2D eigenvalue weighted by molar-refractivity contribution is -0.140. The average Bonchev–Trinajstić information content (AvgIpc) is 2.16. The van der Waals surface area contributed by atoms with Crippen LogP contribution in [0.3, 0.4) is 0 Å². The van der Waals surface area contributed by atoms with Crippen LogP contribution in [0.1, 0.15) is 32.6 Å². The first kappa shape index (κ1) is 11.7. The topological polar surface area (TPSA) is 43.4 Å². The van der Waals surface area contributed by atoms with E-state index in [2.05, 4.69) is 6.58 Å². The molecule has 0 spiro atoms. The lowest BCUT2D eigenvalue weighted by atomic mass is 9.85. The number of allylic oxidation sites excluding steroid dienone is 2. The third kappa shape index (κ3) is 2.78. The molecule has 0 saturated carbocycles. The van der Waals surface area contributed by atoms with Crippen LogP contribution in [0.4, 0.5) is 0 Å². The Labute approximate surface area is 89.8 Å². The molecule has 0 aromatic heterocycles. The van der Waals surface area contributed by atoms with Gasteiger partial charge in [0.1, 0.15) is 0 Å². The molecule has 0 atom stereocenters. The Morgan fingerprint density at radius 3 is 2.53 bits per heavy atom. The maximum atomic E-state index is 11.5. The summed E-state index contributed by atoms with van der Waals surface area (Å²) in [6.45, 7) is 5.87. The molecule has 0 fully saturated rings. The monoisotopic (exact) mass is 208 g/mol. The van der Waals surface area contributed by atoms with Gasteiger partial charge in [0, 0.05) is 11.1 Å². The molecule has 0 bridgehead atoms. The quantitative estimate of drug-likeness (QED) is 0.381. The molecule has 0 saturated heterocycles. The van der Waals surface area contributed by atoms with Gasteiger partial charge in [0.25, 0.3) is 0 Å². The minimum absolute atomic E-state index is 0.149. The van der Waals surface area contributed by atoms with Gasteiger partial charge in [0.15, 0.2) is 5.78 Å². The molecule has 0 aromatic carbocycles. The second kappa shape index (κ2) is 5.49. The highest BCUT2D eigenvalue weighted by atomic mass is 16.5. The summed E-state index contributed by atoms with van der Waals surface area (Å²) < 4.78 is 5.03. The van der Waals surface area contributed by atoms with Gasteiger partial charge in [0.2, 0.25) is 0 Å². The van der Waals surface area contributed by atoms with E-state index in [0.29, 0.717) is 30.6 Å². The van der Waals surface area contributed by atoms with Crippen molar-refractivity contribution in [2.24, 2.45) is 0 Å². The summed E-state index contributed by atoms with van der Waals surface area (Å²) in [6, 6.07) is 0.